The fraction of sp³-hybridized carbons (Fsp3) is 0.727. The Balaban J connectivity index is 2.24. The Kier molecular flexibility index (Phi) is 7.25. The molecular weight excluding hydrogens is 370 g/mol. The predicted molar refractivity (Wildman–Crippen MR) is 111 cm³/mol. The first-order valence-corrected chi connectivity index (χ1v) is 10.6. The zero-order valence-electron chi connectivity index (χ0n) is 18.5. The van der Waals surface area contributed by atoms with Crippen molar-refractivity contribution in [2.75, 3.05) is 13.1 Å². The molecule has 1 N–H and O–H groups in total. The Labute approximate surface area is 173 Å². The van der Waals surface area contributed by atoms with Crippen molar-refractivity contribution in [2.45, 2.75) is 72.4 Å². The van der Waals surface area contributed by atoms with E-state index in [1.807, 2.05) is 46.8 Å². The van der Waals surface area contributed by atoms with E-state index in [0.29, 0.717) is 25.8 Å². The Morgan fingerprint density at radius 3 is 2.07 bits per heavy atom. The SMILES string of the molecule is CCN(CC(=O)NC(C)(C)C)C(=O)C(CC(C)C)N1C(=O)C2CC=CCC2C1=O. The van der Waals surface area contributed by atoms with Crippen molar-refractivity contribution >= 4 is 23.6 Å². The molecule has 0 aromatic heterocycles. The minimum absolute atomic E-state index is 0.0914. The first-order valence-electron chi connectivity index (χ1n) is 10.6. The highest BCUT2D eigenvalue weighted by Gasteiger charge is 2.51. The fourth-order valence-electron chi connectivity index (χ4n) is 4.08. The number of amides is 4. The number of carbonyl (C=O) groups excluding carboxylic acids is 4. The molecule has 0 aromatic carbocycles. The molecule has 0 spiro atoms. The zero-order valence-corrected chi connectivity index (χ0v) is 18.5. The van der Waals surface area contributed by atoms with Crippen LogP contribution in [0.25, 0.3) is 0 Å². The van der Waals surface area contributed by atoms with Crippen molar-refractivity contribution in [3.05, 3.63) is 12.2 Å². The number of carbonyl (C=O) groups is 4. The zero-order chi connectivity index (χ0) is 21.9. The maximum absolute atomic E-state index is 13.4. The topological polar surface area (TPSA) is 86.8 Å². The van der Waals surface area contributed by atoms with Gasteiger partial charge in [-0.15, -0.1) is 0 Å². The maximum Gasteiger partial charge on any atom is 0.246 e. The van der Waals surface area contributed by atoms with Gasteiger partial charge in [0, 0.05) is 12.1 Å². The van der Waals surface area contributed by atoms with Crippen molar-refractivity contribution in [1.29, 1.82) is 0 Å². The van der Waals surface area contributed by atoms with Crippen LogP contribution in [-0.2, 0) is 19.2 Å². The summed E-state index contributed by atoms with van der Waals surface area (Å²) in [5.41, 5.74) is -0.402. The Morgan fingerprint density at radius 1 is 1.14 bits per heavy atom. The lowest BCUT2D eigenvalue weighted by Gasteiger charge is -2.32. The number of likely N-dealkylation sites (N-methyl/N-ethyl adjacent to an activating group) is 1. The third-order valence-electron chi connectivity index (χ3n) is 5.38. The Bertz CT molecular complexity index is 667. The van der Waals surface area contributed by atoms with E-state index in [4.69, 9.17) is 0 Å². The predicted octanol–water partition coefficient (Wildman–Crippen LogP) is 2.12. The molecule has 1 aliphatic carbocycles. The third kappa shape index (κ3) is 5.46. The monoisotopic (exact) mass is 405 g/mol. The summed E-state index contributed by atoms with van der Waals surface area (Å²) in [6, 6.07) is -0.858. The third-order valence-corrected chi connectivity index (χ3v) is 5.38. The maximum atomic E-state index is 13.4. The lowest BCUT2D eigenvalue weighted by atomic mass is 9.85. The molecule has 3 atom stereocenters. The summed E-state index contributed by atoms with van der Waals surface area (Å²) in [5.74, 6) is -1.71. The molecule has 1 saturated heterocycles. The molecule has 2 aliphatic rings. The van der Waals surface area contributed by atoms with Crippen molar-refractivity contribution in [3.63, 3.8) is 0 Å². The van der Waals surface area contributed by atoms with Crippen LogP contribution in [0.15, 0.2) is 12.2 Å². The van der Waals surface area contributed by atoms with Crippen LogP contribution in [-0.4, -0.2) is 58.1 Å². The molecule has 7 heteroatoms. The summed E-state index contributed by atoms with van der Waals surface area (Å²) >= 11 is 0. The molecule has 1 aliphatic heterocycles. The number of nitrogens with one attached hydrogen (secondary N) is 1. The van der Waals surface area contributed by atoms with Gasteiger partial charge in [-0.3, -0.25) is 24.1 Å². The molecule has 2 rings (SSSR count). The van der Waals surface area contributed by atoms with E-state index < -0.39 is 11.6 Å². The van der Waals surface area contributed by atoms with Gasteiger partial charge in [-0.05, 0) is 52.9 Å². The largest absolute Gasteiger partial charge is 0.350 e. The van der Waals surface area contributed by atoms with Crippen LogP contribution in [0.4, 0.5) is 0 Å². The van der Waals surface area contributed by atoms with E-state index >= 15 is 0 Å². The molecule has 4 amide bonds. The van der Waals surface area contributed by atoms with Crippen LogP contribution in [0.2, 0.25) is 0 Å². The number of rotatable bonds is 7. The van der Waals surface area contributed by atoms with Crippen LogP contribution in [0, 0.1) is 17.8 Å². The van der Waals surface area contributed by atoms with E-state index in [2.05, 4.69) is 5.32 Å². The molecule has 29 heavy (non-hydrogen) atoms. The van der Waals surface area contributed by atoms with Crippen LogP contribution < -0.4 is 5.32 Å². The van der Waals surface area contributed by atoms with E-state index in [0.717, 1.165) is 0 Å². The second-order valence-corrected chi connectivity index (χ2v) is 9.50. The van der Waals surface area contributed by atoms with Crippen LogP contribution in [0.1, 0.15) is 60.8 Å². The average molecular weight is 406 g/mol. The molecule has 0 radical (unpaired) electrons. The molecule has 162 valence electrons. The number of allylic oxidation sites excluding steroid dienone is 2. The summed E-state index contributed by atoms with van der Waals surface area (Å²) in [6.45, 7) is 11.6. The number of hydrogen-bond donors (Lipinski definition) is 1. The van der Waals surface area contributed by atoms with Gasteiger partial charge in [0.25, 0.3) is 0 Å². The number of likely N-dealkylation sites (tertiary alicyclic amines) is 1. The lowest BCUT2D eigenvalue weighted by Crippen LogP contribution is -2.54. The van der Waals surface area contributed by atoms with Gasteiger partial charge < -0.3 is 10.2 Å². The highest BCUT2D eigenvalue weighted by Crippen LogP contribution is 2.37. The normalized spacial score (nSPS) is 22.7. The second-order valence-electron chi connectivity index (χ2n) is 9.50. The van der Waals surface area contributed by atoms with Crippen LogP contribution in [0.5, 0.6) is 0 Å². The molecule has 1 fully saturated rings. The first kappa shape index (κ1) is 23.1. The highest BCUT2D eigenvalue weighted by atomic mass is 16.2. The van der Waals surface area contributed by atoms with Gasteiger partial charge in [0.15, 0.2) is 0 Å². The molecule has 0 saturated carbocycles. The van der Waals surface area contributed by atoms with Gasteiger partial charge in [-0.25, -0.2) is 0 Å². The quantitative estimate of drug-likeness (QED) is 0.519. The second kappa shape index (κ2) is 9.09. The molecular formula is C22H35N3O4. The molecule has 7 nitrogen and oxygen atoms in total. The van der Waals surface area contributed by atoms with Gasteiger partial charge in [0.2, 0.25) is 23.6 Å². The van der Waals surface area contributed by atoms with Gasteiger partial charge >= 0.3 is 0 Å². The van der Waals surface area contributed by atoms with Crippen molar-refractivity contribution < 1.29 is 19.2 Å². The van der Waals surface area contributed by atoms with E-state index in [1.165, 1.54) is 9.80 Å². The van der Waals surface area contributed by atoms with Crippen molar-refractivity contribution in [2.24, 2.45) is 17.8 Å². The number of nitrogens with zero attached hydrogens (tertiary/aromatic N) is 2. The van der Waals surface area contributed by atoms with Gasteiger partial charge in [0.1, 0.15) is 6.04 Å². The van der Waals surface area contributed by atoms with Gasteiger partial charge in [0.05, 0.1) is 18.4 Å². The van der Waals surface area contributed by atoms with Crippen molar-refractivity contribution in [3.8, 4) is 0 Å². The minimum atomic E-state index is -0.858. The summed E-state index contributed by atoms with van der Waals surface area (Å²) in [4.78, 5) is 54.4. The summed E-state index contributed by atoms with van der Waals surface area (Å²) in [7, 11) is 0. The minimum Gasteiger partial charge on any atom is -0.350 e. The molecule has 0 bridgehead atoms. The summed E-state index contributed by atoms with van der Waals surface area (Å²) in [5, 5.41) is 2.86. The molecule has 0 aromatic rings. The van der Waals surface area contributed by atoms with Crippen molar-refractivity contribution in [1.82, 2.24) is 15.1 Å². The standard InChI is InChI=1S/C22H35N3O4/c1-7-24(13-18(26)23-22(4,5)6)21(29)17(12-14(2)3)25-19(27)15-10-8-9-11-16(15)20(25)28/h8-9,14-17H,7,10-13H2,1-6H3,(H,23,26). The smallest absolute Gasteiger partial charge is 0.246 e. The first-order chi connectivity index (χ1) is 13.5. The fourth-order valence-corrected chi connectivity index (χ4v) is 4.08. The highest BCUT2D eigenvalue weighted by molar-refractivity contribution is 6.08. The van der Waals surface area contributed by atoms with Crippen LogP contribution >= 0.6 is 0 Å². The van der Waals surface area contributed by atoms with Gasteiger partial charge in [-0.1, -0.05) is 26.0 Å². The van der Waals surface area contributed by atoms with E-state index in [9.17, 15) is 19.2 Å². The Hall–Kier alpha value is -2.18. The van der Waals surface area contributed by atoms with E-state index in [-0.39, 0.29) is 47.9 Å². The summed E-state index contributed by atoms with van der Waals surface area (Å²) < 4.78 is 0. The lowest BCUT2D eigenvalue weighted by molar-refractivity contribution is -0.152. The molecule has 3 unspecified atom stereocenters. The number of imide groups is 1. The Morgan fingerprint density at radius 2 is 1.66 bits per heavy atom. The number of fused-ring (bicyclic) bond motifs is 1. The van der Waals surface area contributed by atoms with Crippen LogP contribution in [0.3, 0.4) is 0 Å². The molecule has 1 heterocycles. The van der Waals surface area contributed by atoms with Gasteiger partial charge in [-0.2, -0.15) is 0 Å². The number of hydrogen-bond acceptors (Lipinski definition) is 4. The average Bonchev–Trinajstić information content (AvgIpc) is 2.87. The van der Waals surface area contributed by atoms with E-state index in [1.54, 1.807) is 6.92 Å². The summed E-state index contributed by atoms with van der Waals surface area (Å²) in [6.07, 6.45) is 5.34.